The standard InChI is InChI=1S/C16H21ClN4O4/c1-10(22)21(9-14(23)24)12-3-2-5-20(6-4-12)16(25)11-7-13(17)15(18)19-8-11/h7-8,12H,2-6,9H2,1H3,(H2,18,19)(H,23,24). The summed E-state index contributed by atoms with van der Waals surface area (Å²) in [6, 6.07) is 1.29. The maximum absolute atomic E-state index is 12.6. The lowest BCUT2D eigenvalue weighted by Gasteiger charge is -2.28. The molecule has 1 fully saturated rings. The minimum Gasteiger partial charge on any atom is -0.480 e. The van der Waals surface area contributed by atoms with Crippen LogP contribution in [0.1, 0.15) is 36.5 Å². The Kier molecular flexibility index (Phi) is 6.19. The fraction of sp³-hybridized carbons (Fsp3) is 0.500. The van der Waals surface area contributed by atoms with Crippen molar-refractivity contribution in [1.29, 1.82) is 0 Å². The van der Waals surface area contributed by atoms with E-state index < -0.39 is 5.97 Å². The Morgan fingerprint density at radius 1 is 1.40 bits per heavy atom. The van der Waals surface area contributed by atoms with Crippen LogP contribution in [0.2, 0.25) is 5.02 Å². The number of nitrogens with zero attached hydrogens (tertiary/aromatic N) is 3. The zero-order valence-electron chi connectivity index (χ0n) is 13.9. The third kappa shape index (κ3) is 4.82. The number of carboxylic acid groups (broad SMARTS) is 1. The molecule has 136 valence electrons. The summed E-state index contributed by atoms with van der Waals surface area (Å²) in [4.78, 5) is 42.3. The van der Waals surface area contributed by atoms with Crippen molar-refractivity contribution in [3.63, 3.8) is 0 Å². The van der Waals surface area contributed by atoms with Crippen molar-refractivity contribution in [1.82, 2.24) is 14.8 Å². The average Bonchev–Trinajstić information content (AvgIpc) is 2.80. The van der Waals surface area contributed by atoms with Gasteiger partial charge in [0.05, 0.1) is 10.6 Å². The normalized spacial score (nSPS) is 17.7. The highest BCUT2D eigenvalue weighted by Gasteiger charge is 2.28. The number of carbonyl (C=O) groups is 3. The Morgan fingerprint density at radius 3 is 2.72 bits per heavy atom. The molecule has 0 radical (unpaired) electrons. The highest BCUT2D eigenvalue weighted by molar-refractivity contribution is 6.33. The van der Waals surface area contributed by atoms with E-state index in [2.05, 4.69) is 4.98 Å². The zero-order valence-corrected chi connectivity index (χ0v) is 14.7. The molecule has 1 aromatic heterocycles. The number of nitrogen functional groups attached to an aromatic ring is 1. The van der Waals surface area contributed by atoms with Crippen molar-refractivity contribution in [3.8, 4) is 0 Å². The van der Waals surface area contributed by atoms with Gasteiger partial charge in [0.1, 0.15) is 12.4 Å². The van der Waals surface area contributed by atoms with Crippen LogP contribution in [0.15, 0.2) is 12.3 Å². The largest absolute Gasteiger partial charge is 0.480 e. The van der Waals surface area contributed by atoms with Crippen molar-refractivity contribution in [2.24, 2.45) is 0 Å². The Balaban J connectivity index is 2.07. The number of pyridine rings is 1. The van der Waals surface area contributed by atoms with Gasteiger partial charge in [0.2, 0.25) is 5.91 Å². The number of halogens is 1. The van der Waals surface area contributed by atoms with Gasteiger partial charge in [-0.2, -0.15) is 0 Å². The smallest absolute Gasteiger partial charge is 0.323 e. The number of hydrogen-bond donors (Lipinski definition) is 2. The molecule has 8 nitrogen and oxygen atoms in total. The maximum Gasteiger partial charge on any atom is 0.323 e. The van der Waals surface area contributed by atoms with Crippen molar-refractivity contribution in [3.05, 3.63) is 22.8 Å². The molecule has 1 saturated heterocycles. The number of likely N-dealkylation sites (tertiary alicyclic amines) is 1. The van der Waals surface area contributed by atoms with E-state index in [0.717, 1.165) is 0 Å². The van der Waals surface area contributed by atoms with Crippen LogP contribution in [0.5, 0.6) is 0 Å². The van der Waals surface area contributed by atoms with Gasteiger partial charge in [0.25, 0.3) is 5.91 Å². The molecule has 2 rings (SSSR count). The van der Waals surface area contributed by atoms with Gasteiger partial charge in [-0.25, -0.2) is 4.98 Å². The van der Waals surface area contributed by atoms with Crippen LogP contribution in [0.25, 0.3) is 0 Å². The minimum absolute atomic E-state index is 0.167. The van der Waals surface area contributed by atoms with Gasteiger partial charge in [0.15, 0.2) is 0 Å². The van der Waals surface area contributed by atoms with E-state index in [9.17, 15) is 14.4 Å². The molecule has 0 bridgehead atoms. The number of aromatic nitrogens is 1. The number of carbonyl (C=O) groups excluding carboxylic acids is 2. The quantitative estimate of drug-likeness (QED) is 0.825. The molecular weight excluding hydrogens is 348 g/mol. The molecule has 0 aromatic carbocycles. The summed E-state index contributed by atoms with van der Waals surface area (Å²) in [6.45, 7) is 1.98. The molecule has 9 heteroatoms. The number of hydrogen-bond acceptors (Lipinski definition) is 5. The minimum atomic E-state index is -1.05. The summed E-state index contributed by atoms with van der Waals surface area (Å²) in [7, 11) is 0. The van der Waals surface area contributed by atoms with Gasteiger partial charge in [-0.3, -0.25) is 14.4 Å². The second kappa shape index (κ2) is 8.15. The van der Waals surface area contributed by atoms with E-state index in [-0.39, 0.29) is 35.2 Å². The second-order valence-corrected chi connectivity index (χ2v) is 6.42. The first-order chi connectivity index (χ1) is 11.8. The van der Waals surface area contributed by atoms with Crippen molar-refractivity contribution >= 4 is 35.2 Å². The molecule has 0 aliphatic carbocycles. The molecule has 1 aromatic rings. The lowest BCUT2D eigenvalue weighted by Crippen LogP contribution is -2.43. The first-order valence-corrected chi connectivity index (χ1v) is 8.36. The van der Waals surface area contributed by atoms with Gasteiger partial charge in [-0.15, -0.1) is 0 Å². The van der Waals surface area contributed by atoms with Gasteiger partial charge in [0, 0.05) is 32.3 Å². The van der Waals surface area contributed by atoms with E-state index in [1.165, 1.54) is 24.1 Å². The number of rotatable bonds is 4. The fourth-order valence-electron chi connectivity index (χ4n) is 2.98. The number of aliphatic carboxylic acids is 1. The van der Waals surface area contributed by atoms with Gasteiger partial charge in [-0.1, -0.05) is 11.6 Å². The van der Waals surface area contributed by atoms with Crippen LogP contribution in [0.4, 0.5) is 5.82 Å². The van der Waals surface area contributed by atoms with Crippen LogP contribution in [0.3, 0.4) is 0 Å². The number of carboxylic acids is 1. The molecule has 25 heavy (non-hydrogen) atoms. The third-order valence-corrected chi connectivity index (χ3v) is 4.56. The van der Waals surface area contributed by atoms with E-state index in [4.69, 9.17) is 22.4 Å². The first-order valence-electron chi connectivity index (χ1n) is 7.99. The molecular formula is C16H21ClN4O4. The van der Waals surface area contributed by atoms with Crippen molar-refractivity contribution in [2.45, 2.75) is 32.2 Å². The van der Waals surface area contributed by atoms with E-state index in [1.54, 1.807) is 4.90 Å². The molecule has 1 unspecified atom stereocenters. The van der Waals surface area contributed by atoms with Gasteiger partial charge < -0.3 is 20.6 Å². The summed E-state index contributed by atoms with van der Waals surface area (Å²) in [5.41, 5.74) is 5.91. The first kappa shape index (κ1) is 19.0. The summed E-state index contributed by atoms with van der Waals surface area (Å²) < 4.78 is 0. The van der Waals surface area contributed by atoms with Gasteiger partial charge in [-0.05, 0) is 25.3 Å². The molecule has 3 N–H and O–H groups in total. The maximum atomic E-state index is 12.6. The SMILES string of the molecule is CC(=O)N(CC(=O)O)C1CCCN(C(=O)c2cnc(N)c(Cl)c2)CC1. The number of nitrogens with two attached hydrogens (primary N) is 1. The molecule has 0 spiro atoms. The summed E-state index contributed by atoms with van der Waals surface area (Å²) in [6.07, 6.45) is 3.24. The molecule has 0 saturated carbocycles. The van der Waals surface area contributed by atoms with Gasteiger partial charge >= 0.3 is 5.97 Å². The second-order valence-electron chi connectivity index (χ2n) is 6.01. The predicted octanol–water partition coefficient (Wildman–Crippen LogP) is 1.24. The molecule has 1 aliphatic rings. The molecule has 1 atom stereocenters. The average molecular weight is 369 g/mol. The fourth-order valence-corrected chi connectivity index (χ4v) is 3.15. The summed E-state index contributed by atoms with van der Waals surface area (Å²) in [5, 5.41) is 9.21. The Morgan fingerprint density at radius 2 is 2.12 bits per heavy atom. The number of anilines is 1. The monoisotopic (exact) mass is 368 g/mol. The lowest BCUT2D eigenvalue weighted by molar-refractivity contribution is -0.145. The predicted molar refractivity (Wildman–Crippen MR) is 92.2 cm³/mol. The zero-order chi connectivity index (χ0) is 18.6. The summed E-state index contributed by atoms with van der Waals surface area (Å²) in [5.74, 6) is -1.36. The van der Waals surface area contributed by atoms with Crippen LogP contribution in [-0.4, -0.2) is 63.4 Å². The topological polar surface area (TPSA) is 117 Å². The Labute approximate surface area is 150 Å². The van der Waals surface area contributed by atoms with Crippen LogP contribution < -0.4 is 5.73 Å². The van der Waals surface area contributed by atoms with E-state index >= 15 is 0 Å². The molecule has 2 heterocycles. The van der Waals surface area contributed by atoms with Crippen LogP contribution in [-0.2, 0) is 9.59 Å². The summed E-state index contributed by atoms with van der Waals surface area (Å²) >= 11 is 5.92. The van der Waals surface area contributed by atoms with Crippen LogP contribution >= 0.6 is 11.6 Å². The number of amides is 2. The Hall–Kier alpha value is -2.35. The third-order valence-electron chi connectivity index (χ3n) is 4.25. The highest BCUT2D eigenvalue weighted by Crippen LogP contribution is 2.21. The van der Waals surface area contributed by atoms with E-state index in [1.807, 2.05) is 0 Å². The lowest BCUT2D eigenvalue weighted by atomic mass is 10.1. The molecule has 2 amide bonds. The Bertz CT molecular complexity index is 682. The van der Waals surface area contributed by atoms with Crippen molar-refractivity contribution < 1.29 is 19.5 Å². The van der Waals surface area contributed by atoms with Crippen LogP contribution in [0, 0.1) is 0 Å². The van der Waals surface area contributed by atoms with E-state index in [0.29, 0.717) is 37.9 Å². The highest BCUT2D eigenvalue weighted by atomic mass is 35.5. The molecule has 1 aliphatic heterocycles. The van der Waals surface area contributed by atoms with Crippen molar-refractivity contribution in [2.75, 3.05) is 25.4 Å².